The number of hydrazone groups is 1. The Kier molecular flexibility index (Phi) is 4.63. The first-order valence-corrected chi connectivity index (χ1v) is 7.96. The molecule has 0 aliphatic heterocycles. The molecule has 0 unspecified atom stereocenters. The van der Waals surface area contributed by atoms with Crippen LogP contribution < -0.4 is 10.2 Å². The molecule has 0 saturated heterocycles. The fraction of sp³-hybridized carbons (Fsp3) is 0.118. The molecule has 6 heteroatoms. The summed E-state index contributed by atoms with van der Waals surface area (Å²) in [6.07, 6.45) is 1.62. The first kappa shape index (κ1) is 15.2. The number of rotatable bonds is 5. The van der Waals surface area contributed by atoms with E-state index in [9.17, 15) is 0 Å². The second-order valence-corrected chi connectivity index (χ2v) is 5.73. The minimum absolute atomic E-state index is 0.402. The van der Waals surface area contributed by atoms with Gasteiger partial charge < -0.3 is 4.74 Å². The van der Waals surface area contributed by atoms with Gasteiger partial charge in [-0.2, -0.15) is 10.1 Å². The van der Waals surface area contributed by atoms with Crippen LogP contribution in [0.15, 0.2) is 59.1 Å². The third kappa shape index (κ3) is 3.73. The summed E-state index contributed by atoms with van der Waals surface area (Å²) in [7, 11) is 1.57. The van der Waals surface area contributed by atoms with Gasteiger partial charge in [-0.25, -0.2) is 10.4 Å². The second kappa shape index (κ2) is 7.02. The lowest BCUT2D eigenvalue weighted by atomic mass is 10.1. The Morgan fingerprint density at radius 3 is 2.70 bits per heavy atom. The van der Waals surface area contributed by atoms with Crippen LogP contribution in [0, 0.1) is 0 Å². The van der Waals surface area contributed by atoms with Gasteiger partial charge >= 0.3 is 0 Å². The van der Waals surface area contributed by atoms with E-state index in [-0.39, 0.29) is 0 Å². The molecule has 116 valence electrons. The number of benzene rings is 1. The van der Waals surface area contributed by atoms with Gasteiger partial charge in [-0.05, 0) is 29.5 Å². The van der Waals surface area contributed by atoms with Crippen LogP contribution in [0.1, 0.15) is 12.5 Å². The number of thiophene rings is 1. The van der Waals surface area contributed by atoms with Gasteiger partial charge in [0.2, 0.25) is 11.8 Å². The van der Waals surface area contributed by atoms with Crippen molar-refractivity contribution in [3.8, 4) is 16.3 Å². The molecule has 1 N–H and O–H groups in total. The first-order valence-electron chi connectivity index (χ1n) is 7.08. The molecule has 3 rings (SSSR count). The Labute approximate surface area is 138 Å². The SMILES string of the molecule is COc1ccnc(N/N=C(\C)c2ccc(-c3cccs3)cc2)n1. The average Bonchev–Trinajstić information content (AvgIpc) is 3.14. The largest absolute Gasteiger partial charge is 0.481 e. The zero-order valence-electron chi connectivity index (χ0n) is 12.9. The molecule has 0 amide bonds. The number of hydrogen-bond acceptors (Lipinski definition) is 6. The lowest BCUT2D eigenvalue weighted by Crippen LogP contribution is -2.02. The van der Waals surface area contributed by atoms with Crippen molar-refractivity contribution in [1.82, 2.24) is 9.97 Å². The smallest absolute Gasteiger partial charge is 0.246 e. The van der Waals surface area contributed by atoms with Crippen LogP contribution in [0.5, 0.6) is 5.88 Å². The molecule has 2 heterocycles. The monoisotopic (exact) mass is 324 g/mol. The molecular formula is C17H16N4OS. The number of hydrogen-bond donors (Lipinski definition) is 1. The highest BCUT2D eigenvalue weighted by Crippen LogP contribution is 2.24. The molecule has 0 aliphatic rings. The van der Waals surface area contributed by atoms with Gasteiger partial charge in [0.1, 0.15) is 0 Å². The quantitative estimate of drug-likeness (QED) is 0.568. The number of ether oxygens (including phenoxy) is 1. The summed E-state index contributed by atoms with van der Waals surface area (Å²) in [4.78, 5) is 9.51. The highest BCUT2D eigenvalue weighted by molar-refractivity contribution is 7.13. The minimum atomic E-state index is 0.402. The Morgan fingerprint density at radius 2 is 2.00 bits per heavy atom. The Bertz CT molecular complexity index is 798. The molecular weight excluding hydrogens is 308 g/mol. The Hall–Kier alpha value is -2.73. The van der Waals surface area contributed by atoms with E-state index in [0.29, 0.717) is 11.8 Å². The van der Waals surface area contributed by atoms with Crippen molar-refractivity contribution in [2.45, 2.75) is 6.92 Å². The van der Waals surface area contributed by atoms with E-state index in [1.807, 2.05) is 6.92 Å². The normalized spacial score (nSPS) is 11.3. The number of anilines is 1. The molecule has 3 aromatic rings. The maximum Gasteiger partial charge on any atom is 0.246 e. The summed E-state index contributed by atoms with van der Waals surface area (Å²) in [5, 5.41) is 6.40. The van der Waals surface area contributed by atoms with Crippen LogP contribution in [-0.2, 0) is 0 Å². The average molecular weight is 324 g/mol. The molecule has 0 radical (unpaired) electrons. The van der Waals surface area contributed by atoms with Gasteiger partial charge in [-0.15, -0.1) is 11.3 Å². The van der Waals surface area contributed by atoms with Crippen molar-refractivity contribution in [3.05, 3.63) is 59.6 Å². The molecule has 23 heavy (non-hydrogen) atoms. The van der Waals surface area contributed by atoms with Crippen LogP contribution in [0.2, 0.25) is 0 Å². The van der Waals surface area contributed by atoms with Crippen LogP contribution in [0.25, 0.3) is 10.4 Å². The van der Waals surface area contributed by atoms with Gasteiger partial charge in [0.15, 0.2) is 0 Å². The maximum absolute atomic E-state index is 5.06. The van der Waals surface area contributed by atoms with Gasteiger partial charge in [-0.1, -0.05) is 30.3 Å². The lowest BCUT2D eigenvalue weighted by molar-refractivity contribution is 0.397. The van der Waals surface area contributed by atoms with Crippen molar-refractivity contribution >= 4 is 23.0 Å². The van der Waals surface area contributed by atoms with Crippen LogP contribution in [0.3, 0.4) is 0 Å². The molecule has 0 saturated carbocycles. The number of nitrogens with one attached hydrogen (secondary N) is 1. The first-order chi connectivity index (χ1) is 11.3. The van der Waals surface area contributed by atoms with Gasteiger partial charge in [0, 0.05) is 17.1 Å². The fourth-order valence-electron chi connectivity index (χ4n) is 2.03. The third-order valence-electron chi connectivity index (χ3n) is 3.27. The summed E-state index contributed by atoms with van der Waals surface area (Å²) in [5.74, 6) is 0.898. The molecule has 0 atom stereocenters. The van der Waals surface area contributed by atoms with E-state index in [4.69, 9.17) is 4.74 Å². The molecule has 2 aromatic heterocycles. The van der Waals surface area contributed by atoms with E-state index in [1.54, 1.807) is 30.7 Å². The Balaban J connectivity index is 1.73. The summed E-state index contributed by atoms with van der Waals surface area (Å²) in [5.41, 5.74) is 5.95. The van der Waals surface area contributed by atoms with Crippen molar-refractivity contribution in [2.75, 3.05) is 12.5 Å². The van der Waals surface area contributed by atoms with Gasteiger partial charge in [0.05, 0.1) is 12.8 Å². The zero-order valence-corrected chi connectivity index (χ0v) is 13.7. The van der Waals surface area contributed by atoms with E-state index in [2.05, 4.69) is 62.3 Å². The summed E-state index contributed by atoms with van der Waals surface area (Å²) in [6, 6.07) is 14.2. The third-order valence-corrected chi connectivity index (χ3v) is 4.19. The molecule has 5 nitrogen and oxygen atoms in total. The van der Waals surface area contributed by atoms with Crippen LogP contribution in [-0.4, -0.2) is 22.8 Å². The highest BCUT2D eigenvalue weighted by atomic mass is 32.1. The molecule has 0 spiro atoms. The molecule has 0 bridgehead atoms. The summed E-state index contributed by atoms with van der Waals surface area (Å²) in [6.45, 7) is 1.94. The predicted octanol–water partition coefficient (Wildman–Crippen LogP) is 4.05. The highest BCUT2D eigenvalue weighted by Gasteiger charge is 2.02. The molecule has 0 aliphatic carbocycles. The number of aromatic nitrogens is 2. The standard InChI is InChI=1S/C17H16N4OS/c1-12(20-21-17-18-10-9-16(19-17)22-2)13-5-7-14(8-6-13)15-4-3-11-23-15/h3-11H,1-2H3,(H,18,19,21)/b20-12+. The van der Waals surface area contributed by atoms with Crippen molar-refractivity contribution in [1.29, 1.82) is 0 Å². The van der Waals surface area contributed by atoms with Crippen molar-refractivity contribution < 1.29 is 4.74 Å². The van der Waals surface area contributed by atoms with Gasteiger partial charge in [0.25, 0.3) is 0 Å². The maximum atomic E-state index is 5.06. The predicted molar refractivity (Wildman–Crippen MR) is 94.2 cm³/mol. The topological polar surface area (TPSA) is 59.4 Å². The van der Waals surface area contributed by atoms with Crippen LogP contribution >= 0.6 is 11.3 Å². The van der Waals surface area contributed by atoms with Gasteiger partial charge in [-0.3, -0.25) is 0 Å². The van der Waals surface area contributed by atoms with Crippen LogP contribution in [0.4, 0.5) is 5.95 Å². The molecule has 1 aromatic carbocycles. The molecule has 0 fully saturated rings. The summed E-state index contributed by atoms with van der Waals surface area (Å²) < 4.78 is 5.06. The zero-order chi connectivity index (χ0) is 16.1. The minimum Gasteiger partial charge on any atom is -0.481 e. The van der Waals surface area contributed by atoms with E-state index in [0.717, 1.165) is 11.3 Å². The van der Waals surface area contributed by atoms with E-state index < -0.39 is 0 Å². The second-order valence-electron chi connectivity index (χ2n) is 4.79. The number of methoxy groups -OCH3 is 1. The fourth-order valence-corrected chi connectivity index (χ4v) is 2.76. The number of nitrogens with zero attached hydrogens (tertiary/aromatic N) is 3. The lowest BCUT2D eigenvalue weighted by Gasteiger charge is -2.05. The summed E-state index contributed by atoms with van der Waals surface area (Å²) >= 11 is 1.73. The van der Waals surface area contributed by atoms with E-state index in [1.165, 1.54) is 10.4 Å². The van der Waals surface area contributed by atoms with Crippen molar-refractivity contribution in [3.63, 3.8) is 0 Å². The van der Waals surface area contributed by atoms with E-state index >= 15 is 0 Å². The Morgan fingerprint density at radius 1 is 1.17 bits per heavy atom. The van der Waals surface area contributed by atoms with Crippen molar-refractivity contribution in [2.24, 2.45) is 5.10 Å².